The highest BCUT2D eigenvalue weighted by Crippen LogP contribution is 2.16. The van der Waals surface area contributed by atoms with Crippen molar-refractivity contribution in [3.8, 4) is 5.75 Å². The van der Waals surface area contributed by atoms with Gasteiger partial charge in [-0.2, -0.15) is 0 Å². The maximum Gasteiger partial charge on any atom is 0.119 e. The molecule has 0 fully saturated rings. The van der Waals surface area contributed by atoms with Gasteiger partial charge >= 0.3 is 0 Å². The maximum absolute atomic E-state index is 5.89. The van der Waals surface area contributed by atoms with Gasteiger partial charge in [0.05, 0.1) is 6.61 Å². The third-order valence-electron chi connectivity index (χ3n) is 3.42. The lowest BCUT2D eigenvalue weighted by Crippen LogP contribution is -2.19. The van der Waals surface area contributed by atoms with Crippen LogP contribution in [-0.4, -0.2) is 13.2 Å². The number of hydrogen-bond acceptors (Lipinski definition) is 2. The Labute approximate surface area is 118 Å². The van der Waals surface area contributed by atoms with Gasteiger partial charge in [-0.15, -0.1) is 0 Å². The van der Waals surface area contributed by atoms with Gasteiger partial charge in [0.2, 0.25) is 0 Å². The van der Waals surface area contributed by atoms with E-state index < -0.39 is 0 Å². The molecule has 1 N–H and O–H groups in total. The highest BCUT2D eigenvalue weighted by molar-refractivity contribution is 5.28. The summed E-state index contributed by atoms with van der Waals surface area (Å²) < 4.78 is 5.89. The van der Waals surface area contributed by atoms with Gasteiger partial charge in [0, 0.05) is 6.54 Å². The minimum Gasteiger partial charge on any atom is -0.493 e. The number of hydrogen-bond donors (Lipinski definition) is 1. The maximum atomic E-state index is 5.89. The normalized spacial score (nSPS) is 11.3. The number of rotatable bonds is 9. The van der Waals surface area contributed by atoms with Crippen molar-refractivity contribution in [2.45, 2.75) is 47.1 Å². The van der Waals surface area contributed by atoms with E-state index in [9.17, 15) is 0 Å². The molecule has 0 bridgehead atoms. The van der Waals surface area contributed by atoms with Gasteiger partial charge in [-0.25, -0.2) is 0 Å². The molecule has 2 nitrogen and oxygen atoms in total. The first kappa shape index (κ1) is 16.0. The second-order valence-corrected chi connectivity index (χ2v) is 5.67. The van der Waals surface area contributed by atoms with Gasteiger partial charge < -0.3 is 10.1 Å². The van der Waals surface area contributed by atoms with Crippen LogP contribution in [0.5, 0.6) is 5.75 Å². The molecule has 108 valence electrons. The molecule has 2 heteroatoms. The van der Waals surface area contributed by atoms with Gasteiger partial charge in [0.1, 0.15) is 5.75 Å². The van der Waals surface area contributed by atoms with Crippen molar-refractivity contribution in [2.75, 3.05) is 13.2 Å². The van der Waals surface area contributed by atoms with Crippen LogP contribution >= 0.6 is 0 Å². The molecule has 0 heterocycles. The zero-order valence-electron chi connectivity index (χ0n) is 12.9. The third kappa shape index (κ3) is 6.63. The van der Waals surface area contributed by atoms with Gasteiger partial charge in [-0.05, 0) is 36.1 Å². The first-order chi connectivity index (χ1) is 9.15. The molecule has 1 aromatic rings. The van der Waals surface area contributed by atoms with Crippen molar-refractivity contribution in [3.05, 3.63) is 29.8 Å². The standard InChI is InChI=1S/C17H29NO/c1-5-15(6-2)13-19-17-9-7-8-16(10-17)12-18-11-14(3)4/h7-10,14-15,18H,5-6,11-13H2,1-4H3. The fraction of sp³-hybridized carbons (Fsp3) is 0.647. The fourth-order valence-corrected chi connectivity index (χ4v) is 1.99. The van der Waals surface area contributed by atoms with E-state index in [2.05, 4.69) is 51.2 Å². The topological polar surface area (TPSA) is 21.3 Å². The zero-order valence-corrected chi connectivity index (χ0v) is 12.9. The Morgan fingerprint density at radius 3 is 2.53 bits per heavy atom. The van der Waals surface area contributed by atoms with Crippen LogP contribution in [0.3, 0.4) is 0 Å². The van der Waals surface area contributed by atoms with Crippen molar-refractivity contribution in [1.29, 1.82) is 0 Å². The van der Waals surface area contributed by atoms with Crippen molar-refractivity contribution < 1.29 is 4.74 Å². The molecule has 0 unspecified atom stereocenters. The quantitative estimate of drug-likeness (QED) is 0.719. The van der Waals surface area contributed by atoms with Crippen LogP contribution in [0.4, 0.5) is 0 Å². The Kier molecular flexibility index (Phi) is 7.57. The van der Waals surface area contributed by atoms with Crippen LogP contribution in [0.25, 0.3) is 0 Å². The fourth-order valence-electron chi connectivity index (χ4n) is 1.99. The predicted molar refractivity (Wildman–Crippen MR) is 82.6 cm³/mol. The molecule has 0 aliphatic rings. The second kappa shape index (κ2) is 8.98. The number of ether oxygens (including phenoxy) is 1. The predicted octanol–water partition coefficient (Wildman–Crippen LogP) is 4.25. The van der Waals surface area contributed by atoms with E-state index in [0.29, 0.717) is 11.8 Å². The van der Waals surface area contributed by atoms with Gasteiger partial charge in [0.15, 0.2) is 0 Å². The van der Waals surface area contributed by atoms with Crippen LogP contribution in [0.2, 0.25) is 0 Å². The van der Waals surface area contributed by atoms with Crippen LogP contribution in [0.1, 0.15) is 46.1 Å². The van der Waals surface area contributed by atoms with E-state index in [0.717, 1.165) is 25.4 Å². The van der Waals surface area contributed by atoms with Crippen molar-refractivity contribution in [1.82, 2.24) is 5.32 Å². The van der Waals surface area contributed by atoms with Crippen LogP contribution in [-0.2, 0) is 6.54 Å². The molecular weight excluding hydrogens is 234 g/mol. The van der Waals surface area contributed by atoms with Gasteiger partial charge in [-0.3, -0.25) is 0 Å². The molecule has 1 aromatic carbocycles. The molecule has 0 radical (unpaired) electrons. The summed E-state index contributed by atoms with van der Waals surface area (Å²) in [5.41, 5.74) is 1.29. The molecule has 0 spiro atoms. The molecule has 0 amide bonds. The molecule has 0 atom stereocenters. The Bertz CT molecular complexity index is 345. The van der Waals surface area contributed by atoms with Crippen molar-refractivity contribution >= 4 is 0 Å². The van der Waals surface area contributed by atoms with E-state index in [1.807, 2.05) is 6.07 Å². The minimum absolute atomic E-state index is 0.669. The van der Waals surface area contributed by atoms with Crippen LogP contribution in [0.15, 0.2) is 24.3 Å². The first-order valence-electron chi connectivity index (χ1n) is 7.58. The zero-order chi connectivity index (χ0) is 14.1. The second-order valence-electron chi connectivity index (χ2n) is 5.67. The Balaban J connectivity index is 2.43. The van der Waals surface area contributed by atoms with Crippen molar-refractivity contribution in [3.63, 3.8) is 0 Å². The van der Waals surface area contributed by atoms with E-state index >= 15 is 0 Å². The molecule has 0 saturated carbocycles. The minimum atomic E-state index is 0.669. The largest absolute Gasteiger partial charge is 0.493 e. The molecule has 19 heavy (non-hydrogen) atoms. The highest BCUT2D eigenvalue weighted by atomic mass is 16.5. The SMILES string of the molecule is CCC(CC)COc1cccc(CNCC(C)C)c1. The van der Waals surface area contributed by atoms with E-state index in [-0.39, 0.29) is 0 Å². The molecule has 0 aromatic heterocycles. The van der Waals surface area contributed by atoms with E-state index in [1.165, 1.54) is 18.4 Å². The summed E-state index contributed by atoms with van der Waals surface area (Å²) in [5.74, 6) is 2.35. The summed E-state index contributed by atoms with van der Waals surface area (Å²) in [4.78, 5) is 0. The summed E-state index contributed by atoms with van der Waals surface area (Å²) in [6.45, 7) is 11.7. The summed E-state index contributed by atoms with van der Waals surface area (Å²) >= 11 is 0. The summed E-state index contributed by atoms with van der Waals surface area (Å²) in [6.07, 6.45) is 2.37. The lowest BCUT2D eigenvalue weighted by Gasteiger charge is -2.14. The molecule has 0 saturated heterocycles. The lowest BCUT2D eigenvalue weighted by molar-refractivity contribution is 0.240. The molecule has 0 aliphatic heterocycles. The monoisotopic (exact) mass is 263 g/mol. The number of benzene rings is 1. The first-order valence-corrected chi connectivity index (χ1v) is 7.58. The third-order valence-corrected chi connectivity index (χ3v) is 3.42. The van der Waals surface area contributed by atoms with E-state index in [4.69, 9.17) is 4.74 Å². The summed E-state index contributed by atoms with van der Waals surface area (Å²) in [6, 6.07) is 8.43. The Hall–Kier alpha value is -1.02. The average molecular weight is 263 g/mol. The average Bonchev–Trinajstić information content (AvgIpc) is 2.40. The van der Waals surface area contributed by atoms with Crippen LogP contribution < -0.4 is 10.1 Å². The highest BCUT2D eigenvalue weighted by Gasteiger charge is 2.04. The Morgan fingerprint density at radius 2 is 1.89 bits per heavy atom. The molecule has 0 aliphatic carbocycles. The smallest absolute Gasteiger partial charge is 0.119 e. The summed E-state index contributed by atoms with van der Waals surface area (Å²) in [5, 5.41) is 3.46. The van der Waals surface area contributed by atoms with Gasteiger partial charge in [-0.1, -0.05) is 52.7 Å². The molecular formula is C17H29NO. The van der Waals surface area contributed by atoms with E-state index in [1.54, 1.807) is 0 Å². The number of nitrogens with one attached hydrogen (secondary N) is 1. The molecule has 1 rings (SSSR count). The Morgan fingerprint density at radius 1 is 1.16 bits per heavy atom. The lowest BCUT2D eigenvalue weighted by atomic mass is 10.1. The summed E-state index contributed by atoms with van der Waals surface area (Å²) in [7, 11) is 0. The van der Waals surface area contributed by atoms with Gasteiger partial charge in [0.25, 0.3) is 0 Å². The van der Waals surface area contributed by atoms with Crippen LogP contribution in [0, 0.1) is 11.8 Å². The van der Waals surface area contributed by atoms with Crippen molar-refractivity contribution in [2.24, 2.45) is 11.8 Å².